The van der Waals surface area contributed by atoms with Gasteiger partial charge in [-0.2, -0.15) is 0 Å². The molecule has 9 heavy (non-hydrogen) atoms. The van der Waals surface area contributed by atoms with Gasteiger partial charge in [-0.25, -0.2) is 0 Å². The molecule has 0 saturated heterocycles. The van der Waals surface area contributed by atoms with Crippen molar-refractivity contribution >= 4 is 0 Å². The lowest BCUT2D eigenvalue weighted by atomic mass is 10.0. The number of allylic oxidation sites excluding steroid dienone is 6. The van der Waals surface area contributed by atoms with Crippen LogP contribution in [0.15, 0.2) is 29.9 Å². The zero-order valence-electron chi connectivity index (χ0n) is 5.89. The second-order valence-electron chi connectivity index (χ2n) is 2.49. The fourth-order valence-corrected chi connectivity index (χ4v) is 0.766. The minimum atomic E-state index is 0.627. The van der Waals surface area contributed by atoms with Gasteiger partial charge in [0, 0.05) is 18.1 Å². The lowest BCUT2D eigenvalue weighted by molar-refractivity contribution is 0.790. The summed E-state index contributed by atoms with van der Waals surface area (Å²) in [6.45, 7) is 4.37. The molecule has 0 unspecified atom stereocenters. The molecule has 0 nitrogen and oxygen atoms in total. The highest BCUT2D eigenvalue weighted by molar-refractivity contribution is 5.30. The molecule has 1 rings (SSSR count). The first-order valence-corrected chi connectivity index (χ1v) is 3.26. The van der Waals surface area contributed by atoms with Crippen molar-refractivity contribution in [3.63, 3.8) is 0 Å². The fourth-order valence-electron chi connectivity index (χ4n) is 0.766. The third-order valence-electron chi connectivity index (χ3n) is 1.40. The van der Waals surface area contributed by atoms with Crippen LogP contribution in [-0.2, 0) is 0 Å². The monoisotopic (exact) mass is 119 g/mol. The molecular weight excluding hydrogens is 108 g/mol. The molecule has 0 amide bonds. The molecule has 0 N–H and O–H groups in total. The van der Waals surface area contributed by atoms with Gasteiger partial charge in [0.15, 0.2) is 0 Å². The molecule has 0 bridgehead atoms. The summed E-state index contributed by atoms with van der Waals surface area (Å²) in [5.74, 6) is 0.627. The van der Waals surface area contributed by atoms with Crippen molar-refractivity contribution in [1.29, 1.82) is 0 Å². The number of rotatable bonds is 1. The lowest BCUT2D eigenvalue weighted by Crippen LogP contribution is -1.90. The molecule has 0 aliphatic heterocycles. The van der Waals surface area contributed by atoms with Crippen molar-refractivity contribution in [3.05, 3.63) is 36.0 Å². The minimum Gasteiger partial charge on any atom is -0.0469 e. The summed E-state index contributed by atoms with van der Waals surface area (Å²) in [6.07, 6.45) is 11.1. The third-order valence-corrected chi connectivity index (χ3v) is 1.40. The lowest BCUT2D eigenvalue weighted by Gasteiger charge is -1.97. The first kappa shape index (κ1) is 6.25. The smallest absolute Gasteiger partial charge is 0.0469 e. The highest BCUT2D eigenvalue weighted by Crippen LogP contribution is 2.12. The van der Waals surface area contributed by atoms with Gasteiger partial charge in [-0.1, -0.05) is 0 Å². The second kappa shape index (κ2) is 2.61. The Hall–Kier alpha value is -0.870. The van der Waals surface area contributed by atoms with Crippen LogP contribution in [0.3, 0.4) is 0 Å². The Morgan fingerprint density at radius 2 is 2.22 bits per heavy atom. The molecule has 0 atom stereocenters. The van der Waals surface area contributed by atoms with Crippen LogP contribution < -0.4 is 0 Å². The van der Waals surface area contributed by atoms with Crippen LogP contribution in [0.5, 0.6) is 0 Å². The van der Waals surface area contributed by atoms with Crippen LogP contribution in [-0.4, -0.2) is 0 Å². The summed E-state index contributed by atoms with van der Waals surface area (Å²) in [4.78, 5) is 0. The van der Waals surface area contributed by atoms with E-state index in [2.05, 4.69) is 26.0 Å². The number of hydrogen-bond donors (Lipinski definition) is 0. The van der Waals surface area contributed by atoms with Crippen LogP contribution in [0.1, 0.15) is 13.8 Å². The van der Waals surface area contributed by atoms with Gasteiger partial charge in [0.25, 0.3) is 0 Å². The van der Waals surface area contributed by atoms with Crippen LogP contribution in [0.4, 0.5) is 0 Å². The van der Waals surface area contributed by atoms with Crippen molar-refractivity contribution in [1.82, 2.24) is 0 Å². The highest BCUT2D eigenvalue weighted by Gasteiger charge is 2.06. The summed E-state index contributed by atoms with van der Waals surface area (Å²) in [6, 6.07) is 0. The normalized spacial score (nSPS) is 15.7. The van der Waals surface area contributed by atoms with Gasteiger partial charge < -0.3 is 0 Å². The maximum Gasteiger partial charge on any atom is 0.106 e. The zero-order chi connectivity index (χ0) is 6.69. The summed E-state index contributed by atoms with van der Waals surface area (Å²) in [5, 5.41) is 0. The molecule has 1 aliphatic carbocycles. The highest BCUT2D eigenvalue weighted by atomic mass is 14.0. The quantitative estimate of drug-likeness (QED) is 0.465. The maximum absolute atomic E-state index is 3.04. The van der Waals surface area contributed by atoms with E-state index in [1.807, 2.05) is 18.2 Å². The van der Waals surface area contributed by atoms with E-state index in [0.717, 1.165) is 0 Å². The Labute approximate surface area is 56.6 Å². The summed E-state index contributed by atoms with van der Waals surface area (Å²) in [7, 11) is 0. The Kier molecular flexibility index (Phi) is 1.81. The van der Waals surface area contributed by atoms with E-state index >= 15 is 0 Å². The van der Waals surface area contributed by atoms with Crippen molar-refractivity contribution in [3.8, 4) is 0 Å². The van der Waals surface area contributed by atoms with Gasteiger partial charge in [-0.15, -0.1) is 0 Å². The molecule has 0 aromatic carbocycles. The SMILES string of the molecule is CC(C)C1=CC=C[C+]=C1. The van der Waals surface area contributed by atoms with E-state index in [1.54, 1.807) is 0 Å². The zero-order valence-corrected chi connectivity index (χ0v) is 5.89. The van der Waals surface area contributed by atoms with Gasteiger partial charge in [-0.05, 0) is 13.8 Å². The van der Waals surface area contributed by atoms with Gasteiger partial charge in [0.2, 0.25) is 0 Å². The predicted octanol–water partition coefficient (Wildman–Crippen LogP) is 2.50. The fraction of sp³-hybridized carbons (Fsp3) is 0.333. The first-order valence-electron chi connectivity index (χ1n) is 3.26. The van der Waals surface area contributed by atoms with E-state index < -0.39 is 0 Å². The molecular formula is C9H11+. The molecule has 0 saturated carbocycles. The molecule has 0 aromatic rings. The number of hydrogen-bond acceptors (Lipinski definition) is 0. The Morgan fingerprint density at radius 3 is 2.56 bits per heavy atom. The van der Waals surface area contributed by atoms with Gasteiger partial charge in [0.05, 0.1) is 11.6 Å². The van der Waals surface area contributed by atoms with E-state index in [9.17, 15) is 0 Å². The van der Waals surface area contributed by atoms with Crippen molar-refractivity contribution in [2.45, 2.75) is 13.8 Å². The standard InChI is InChI=1S/C9H11/c1-8(2)9-6-4-3-5-7-9/h3-4,6-8H,1-2H3/q+1. The maximum atomic E-state index is 3.04. The molecule has 0 spiro atoms. The van der Waals surface area contributed by atoms with Crippen molar-refractivity contribution in [2.75, 3.05) is 0 Å². The predicted molar refractivity (Wildman–Crippen MR) is 39.9 cm³/mol. The van der Waals surface area contributed by atoms with Crippen LogP contribution in [0, 0.1) is 12.0 Å². The molecule has 0 aromatic heterocycles. The Bertz CT molecular complexity index is 168. The van der Waals surface area contributed by atoms with Crippen LogP contribution in [0.2, 0.25) is 0 Å². The van der Waals surface area contributed by atoms with E-state index in [0.29, 0.717) is 5.92 Å². The van der Waals surface area contributed by atoms with E-state index in [1.165, 1.54) is 5.57 Å². The Morgan fingerprint density at radius 1 is 1.44 bits per heavy atom. The van der Waals surface area contributed by atoms with Gasteiger partial charge in [-0.3, -0.25) is 0 Å². The van der Waals surface area contributed by atoms with Gasteiger partial charge >= 0.3 is 0 Å². The van der Waals surface area contributed by atoms with Crippen LogP contribution >= 0.6 is 0 Å². The summed E-state index contributed by atoms with van der Waals surface area (Å²) in [5.41, 5.74) is 1.36. The minimum absolute atomic E-state index is 0.627. The molecule has 0 heteroatoms. The summed E-state index contributed by atoms with van der Waals surface area (Å²) >= 11 is 0. The Balaban J connectivity index is 2.72. The van der Waals surface area contributed by atoms with Crippen molar-refractivity contribution in [2.24, 2.45) is 5.92 Å². The second-order valence-corrected chi connectivity index (χ2v) is 2.49. The average molecular weight is 119 g/mol. The molecule has 0 fully saturated rings. The molecule has 0 radical (unpaired) electrons. The largest absolute Gasteiger partial charge is 0.106 e. The van der Waals surface area contributed by atoms with Crippen LogP contribution in [0.25, 0.3) is 0 Å². The van der Waals surface area contributed by atoms with E-state index in [-0.39, 0.29) is 0 Å². The van der Waals surface area contributed by atoms with E-state index in [4.69, 9.17) is 0 Å². The topological polar surface area (TPSA) is 0 Å². The molecule has 46 valence electrons. The molecule has 0 heterocycles. The summed E-state index contributed by atoms with van der Waals surface area (Å²) < 4.78 is 0. The molecule has 1 aliphatic rings. The van der Waals surface area contributed by atoms with Crippen molar-refractivity contribution < 1.29 is 0 Å². The average Bonchev–Trinajstić information content (AvgIpc) is 1.90. The van der Waals surface area contributed by atoms with Gasteiger partial charge in [0.1, 0.15) is 12.2 Å². The third kappa shape index (κ3) is 1.51. The first-order chi connectivity index (χ1) is 4.30.